The van der Waals surface area contributed by atoms with E-state index in [1.165, 1.54) is 17.3 Å². The van der Waals surface area contributed by atoms with E-state index in [0.717, 1.165) is 5.75 Å². The van der Waals surface area contributed by atoms with Crippen LogP contribution in [0.5, 0.6) is 5.75 Å². The molecule has 0 unspecified atom stereocenters. The van der Waals surface area contributed by atoms with Gasteiger partial charge in [0.1, 0.15) is 12.4 Å². The first-order chi connectivity index (χ1) is 14.6. The molecule has 0 bridgehead atoms. The number of carbonyl (C=O) groups is 1. The third-order valence-electron chi connectivity index (χ3n) is 4.57. The molecule has 9 heteroatoms. The van der Waals surface area contributed by atoms with E-state index in [2.05, 4.69) is 48.4 Å². The van der Waals surface area contributed by atoms with Gasteiger partial charge >= 0.3 is 0 Å². The second-order valence-electron chi connectivity index (χ2n) is 7.95. The number of amides is 1. The summed E-state index contributed by atoms with van der Waals surface area (Å²) in [7, 11) is 1.84. The number of para-hydroxylation sites is 1. The fraction of sp³-hybridized carbons (Fsp3) is 0.318. The monoisotopic (exact) mass is 478 g/mol. The van der Waals surface area contributed by atoms with Crippen molar-refractivity contribution < 1.29 is 9.53 Å². The van der Waals surface area contributed by atoms with Crippen LogP contribution in [0.2, 0.25) is 10.0 Å². The summed E-state index contributed by atoms with van der Waals surface area (Å²) in [5, 5.41) is 12.4. The zero-order valence-electron chi connectivity index (χ0n) is 17.8. The van der Waals surface area contributed by atoms with Crippen molar-refractivity contribution in [2.45, 2.75) is 37.9 Å². The van der Waals surface area contributed by atoms with Crippen LogP contribution in [0.4, 0.5) is 5.69 Å². The van der Waals surface area contributed by atoms with Crippen molar-refractivity contribution in [2.75, 3.05) is 11.1 Å². The molecule has 0 saturated heterocycles. The van der Waals surface area contributed by atoms with Gasteiger partial charge in [0.05, 0.1) is 21.5 Å². The van der Waals surface area contributed by atoms with Crippen LogP contribution in [0.3, 0.4) is 0 Å². The predicted molar refractivity (Wildman–Crippen MR) is 126 cm³/mol. The Balaban J connectivity index is 1.54. The van der Waals surface area contributed by atoms with E-state index in [1.807, 2.05) is 23.7 Å². The zero-order valence-corrected chi connectivity index (χ0v) is 20.1. The fourth-order valence-electron chi connectivity index (χ4n) is 2.72. The number of aromatic nitrogens is 3. The largest absolute Gasteiger partial charge is 0.486 e. The standard InChI is InChI=1S/C22H24Cl2N4O2S/c1-22(2,3)14-8-10-15(11-9-14)30-12-18-26-27-21(28(18)4)31-13-19(29)25-20-16(23)6-5-7-17(20)24/h5-11H,12-13H2,1-4H3,(H,25,29). The summed E-state index contributed by atoms with van der Waals surface area (Å²) in [6.45, 7) is 6.79. The van der Waals surface area contributed by atoms with Crippen LogP contribution in [0.1, 0.15) is 32.2 Å². The molecule has 0 fully saturated rings. The highest BCUT2D eigenvalue weighted by Crippen LogP contribution is 2.30. The highest BCUT2D eigenvalue weighted by Gasteiger charge is 2.15. The molecule has 1 heterocycles. The summed E-state index contributed by atoms with van der Waals surface area (Å²) in [6.07, 6.45) is 0. The van der Waals surface area contributed by atoms with Crippen molar-refractivity contribution in [3.05, 3.63) is 63.9 Å². The molecule has 3 rings (SSSR count). The molecule has 0 aliphatic heterocycles. The van der Waals surface area contributed by atoms with Gasteiger partial charge in [-0.15, -0.1) is 10.2 Å². The summed E-state index contributed by atoms with van der Waals surface area (Å²) < 4.78 is 7.65. The Labute approximate surface area is 196 Å². The molecule has 0 saturated carbocycles. The molecule has 1 N–H and O–H groups in total. The SMILES string of the molecule is Cn1c(COc2ccc(C(C)(C)C)cc2)nnc1SCC(=O)Nc1c(Cl)cccc1Cl. The normalized spacial score (nSPS) is 11.4. The Morgan fingerprint density at radius 1 is 1.10 bits per heavy atom. The molecule has 2 aromatic carbocycles. The number of nitrogens with zero attached hydrogens (tertiary/aromatic N) is 3. The summed E-state index contributed by atoms with van der Waals surface area (Å²) in [5.41, 5.74) is 1.74. The molecule has 0 radical (unpaired) electrons. The maximum atomic E-state index is 12.3. The smallest absolute Gasteiger partial charge is 0.234 e. The van der Waals surface area contributed by atoms with Gasteiger partial charge in [0, 0.05) is 7.05 Å². The van der Waals surface area contributed by atoms with Crippen molar-refractivity contribution in [1.29, 1.82) is 0 Å². The van der Waals surface area contributed by atoms with E-state index in [9.17, 15) is 4.79 Å². The Kier molecular flexibility index (Phi) is 7.51. The Hall–Kier alpha value is -2.22. The van der Waals surface area contributed by atoms with Crippen molar-refractivity contribution in [3.8, 4) is 5.75 Å². The minimum Gasteiger partial charge on any atom is -0.486 e. The maximum Gasteiger partial charge on any atom is 0.234 e. The van der Waals surface area contributed by atoms with Gasteiger partial charge in [-0.25, -0.2) is 0 Å². The van der Waals surface area contributed by atoms with Gasteiger partial charge < -0.3 is 14.6 Å². The maximum absolute atomic E-state index is 12.3. The molecule has 0 aliphatic rings. The molecule has 164 valence electrons. The molecule has 0 atom stereocenters. The molecule has 1 amide bonds. The van der Waals surface area contributed by atoms with Crippen molar-refractivity contribution >= 4 is 46.6 Å². The molecule has 31 heavy (non-hydrogen) atoms. The minimum atomic E-state index is -0.236. The van der Waals surface area contributed by atoms with E-state index >= 15 is 0 Å². The van der Waals surface area contributed by atoms with E-state index in [-0.39, 0.29) is 23.7 Å². The molecular formula is C22H24Cl2N4O2S. The third-order valence-corrected chi connectivity index (χ3v) is 6.22. The molecule has 0 spiro atoms. The van der Waals surface area contributed by atoms with E-state index < -0.39 is 0 Å². The molecule has 0 aliphatic carbocycles. The lowest BCUT2D eigenvalue weighted by atomic mass is 9.87. The fourth-order valence-corrected chi connectivity index (χ4v) is 3.94. The lowest BCUT2D eigenvalue weighted by Crippen LogP contribution is -2.15. The van der Waals surface area contributed by atoms with Crippen molar-refractivity contribution in [3.63, 3.8) is 0 Å². The van der Waals surface area contributed by atoms with Crippen LogP contribution in [-0.2, 0) is 23.9 Å². The Bertz CT molecular complexity index is 1040. The number of benzene rings is 2. The average Bonchev–Trinajstić information content (AvgIpc) is 3.07. The number of halogens is 2. The van der Waals surface area contributed by atoms with E-state index in [0.29, 0.717) is 26.7 Å². The van der Waals surface area contributed by atoms with Gasteiger partial charge in [-0.1, -0.05) is 73.9 Å². The number of thioether (sulfide) groups is 1. The minimum absolute atomic E-state index is 0.0950. The average molecular weight is 479 g/mol. The summed E-state index contributed by atoms with van der Waals surface area (Å²) in [4.78, 5) is 12.3. The second kappa shape index (κ2) is 9.94. The second-order valence-corrected chi connectivity index (χ2v) is 9.71. The first kappa shape index (κ1) is 23.4. The molecule has 1 aromatic heterocycles. The number of rotatable bonds is 7. The number of carbonyl (C=O) groups excluding carboxylic acids is 1. The highest BCUT2D eigenvalue weighted by atomic mass is 35.5. The van der Waals surface area contributed by atoms with Gasteiger partial charge in [-0.05, 0) is 35.2 Å². The molecule has 6 nitrogen and oxygen atoms in total. The number of nitrogens with one attached hydrogen (secondary N) is 1. The first-order valence-corrected chi connectivity index (χ1v) is 11.4. The molecule has 3 aromatic rings. The number of hydrogen-bond acceptors (Lipinski definition) is 5. The van der Waals surface area contributed by atoms with E-state index in [1.54, 1.807) is 18.2 Å². The van der Waals surface area contributed by atoms with Crippen LogP contribution < -0.4 is 10.1 Å². The van der Waals surface area contributed by atoms with Crippen LogP contribution in [0, 0.1) is 0 Å². The van der Waals surface area contributed by atoms with Crippen molar-refractivity contribution in [1.82, 2.24) is 14.8 Å². The lowest BCUT2D eigenvalue weighted by molar-refractivity contribution is -0.113. The predicted octanol–water partition coefficient (Wildman–Crippen LogP) is 5.73. The summed E-state index contributed by atoms with van der Waals surface area (Å²) in [5.74, 6) is 1.33. The van der Waals surface area contributed by atoms with Gasteiger partial charge in [-0.2, -0.15) is 0 Å². The highest BCUT2D eigenvalue weighted by molar-refractivity contribution is 7.99. The zero-order chi connectivity index (χ0) is 22.6. The number of hydrogen-bond donors (Lipinski definition) is 1. The first-order valence-electron chi connectivity index (χ1n) is 9.63. The number of ether oxygens (including phenoxy) is 1. The Morgan fingerprint density at radius 3 is 2.35 bits per heavy atom. The van der Waals surface area contributed by atoms with E-state index in [4.69, 9.17) is 27.9 Å². The van der Waals surface area contributed by atoms with Crippen LogP contribution >= 0.6 is 35.0 Å². The van der Waals surface area contributed by atoms with Gasteiger partial charge in [0.15, 0.2) is 11.0 Å². The van der Waals surface area contributed by atoms with Gasteiger partial charge in [0.25, 0.3) is 0 Å². The summed E-state index contributed by atoms with van der Waals surface area (Å²) in [6, 6.07) is 13.1. The van der Waals surface area contributed by atoms with Crippen molar-refractivity contribution in [2.24, 2.45) is 7.05 Å². The third kappa shape index (κ3) is 6.15. The van der Waals surface area contributed by atoms with Crippen LogP contribution in [-0.4, -0.2) is 26.4 Å². The molecular weight excluding hydrogens is 455 g/mol. The topological polar surface area (TPSA) is 69.0 Å². The van der Waals surface area contributed by atoms with Crippen LogP contribution in [0.15, 0.2) is 47.6 Å². The quantitative estimate of drug-likeness (QED) is 0.439. The summed E-state index contributed by atoms with van der Waals surface area (Å²) >= 11 is 13.4. The number of anilines is 1. The van der Waals surface area contributed by atoms with Gasteiger partial charge in [-0.3, -0.25) is 4.79 Å². The van der Waals surface area contributed by atoms with Crippen LogP contribution in [0.25, 0.3) is 0 Å². The lowest BCUT2D eigenvalue weighted by Gasteiger charge is -2.19. The Morgan fingerprint density at radius 2 is 1.74 bits per heavy atom. The van der Waals surface area contributed by atoms with Gasteiger partial charge in [0.2, 0.25) is 5.91 Å².